The van der Waals surface area contributed by atoms with Crippen LogP contribution in [-0.4, -0.2) is 12.1 Å². The minimum absolute atomic E-state index is 0.305. The van der Waals surface area contributed by atoms with Crippen LogP contribution in [0.1, 0.15) is 20.8 Å². The number of hydrogen-bond acceptors (Lipinski definition) is 4. The number of nitrogens with one attached hydrogen (secondary N) is 1. The van der Waals surface area contributed by atoms with E-state index in [-0.39, 0.29) is 5.91 Å². The second kappa shape index (κ2) is 5.86. The van der Waals surface area contributed by atoms with E-state index in [1.54, 1.807) is 18.3 Å². The van der Waals surface area contributed by atoms with Crippen LogP contribution in [0.3, 0.4) is 0 Å². The van der Waals surface area contributed by atoms with Crippen molar-refractivity contribution in [1.82, 2.24) is 5.43 Å². The van der Waals surface area contributed by atoms with E-state index in [4.69, 9.17) is 17.3 Å². The molecule has 3 N–H and O–H groups in total. The molecule has 0 saturated heterocycles. The smallest absolute Gasteiger partial charge is 0.283 e. The summed E-state index contributed by atoms with van der Waals surface area (Å²) in [6, 6.07) is 7.12. The highest BCUT2D eigenvalue weighted by atomic mass is 35.5. The molecule has 1 heterocycles. The molecule has 0 fully saturated rings. The van der Waals surface area contributed by atoms with Gasteiger partial charge in [0.25, 0.3) is 5.91 Å². The molecule has 1 aromatic carbocycles. The Morgan fingerprint density at radius 3 is 2.68 bits per heavy atom. The molecule has 6 heteroatoms. The highest BCUT2D eigenvalue weighted by Crippen LogP contribution is 2.23. The first-order valence-electron chi connectivity index (χ1n) is 5.50. The Balaban J connectivity index is 2.00. The van der Waals surface area contributed by atoms with Gasteiger partial charge >= 0.3 is 0 Å². The normalized spacial score (nSPS) is 10.8. The van der Waals surface area contributed by atoms with Gasteiger partial charge in [-0.1, -0.05) is 23.7 Å². The Hall–Kier alpha value is -1.85. The van der Waals surface area contributed by atoms with Crippen LogP contribution >= 0.6 is 22.9 Å². The van der Waals surface area contributed by atoms with E-state index in [0.717, 1.165) is 11.1 Å². The molecule has 0 spiro atoms. The molecule has 4 nitrogen and oxygen atoms in total. The zero-order valence-electron chi connectivity index (χ0n) is 10.2. The van der Waals surface area contributed by atoms with Gasteiger partial charge in [-0.3, -0.25) is 4.79 Å². The van der Waals surface area contributed by atoms with Crippen LogP contribution in [0.5, 0.6) is 0 Å². The number of halogens is 1. The first-order chi connectivity index (χ1) is 9.08. The lowest BCUT2D eigenvalue weighted by molar-refractivity contribution is 0.0960. The molecular formula is C13H12ClN3OS. The highest BCUT2D eigenvalue weighted by molar-refractivity contribution is 7.12. The number of carbonyl (C=O) groups is 1. The van der Waals surface area contributed by atoms with E-state index < -0.39 is 0 Å². The van der Waals surface area contributed by atoms with Gasteiger partial charge in [-0.25, -0.2) is 5.43 Å². The third kappa shape index (κ3) is 3.33. The quantitative estimate of drug-likeness (QED) is 0.674. The first-order valence-corrected chi connectivity index (χ1v) is 6.76. The lowest BCUT2D eigenvalue weighted by Crippen LogP contribution is -2.17. The van der Waals surface area contributed by atoms with Gasteiger partial charge in [0.15, 0.2) is 0 Å². The number of nitrogen functional groups attached to an aromatic ring is 1. The van der Waals surface area contributed by atoms with Crippen LogP contribution < -0.4 is 11.2 Å². The van der Waals surface area contributed by atoms with Crippen LogP contribution in [0.25, 0.3) is 0 Å². The molecule has 0 atom stereocenters. The largest absolute Gasteiger partial charge is 0.397 e. The van der Waals surface area contributed by atoms with Crippen LogP contribution in [0, 0.1) is 6.92 Å². The summed E-state index contributed by atoms with van der Waals surface area (Å²) in [7, 11) is 0. The molecule has 1 aromatic heterocycles. The molecule has 0 aliphatic carbocycles. The number of nitrogens with two attached hydrogens (primary N) is 1. The van der Waals surface area contributed by atoms with E-state index in [9.17, 15) is 4.79 Å². The zero-order chi connectivity index (χ0) is 13.8. The molecular weight excluding hydrogens is 282 g/mol. The summed E-state index contributed by atoms with van der Waals surface area (Å²) in [4.78, 5) is 12.3. The molecule has 0 saturated carbocycles. The highest BCUT2D eigenvalue weighted by Gasteiger charge is 2.12. The molecule has 0 aliphatic rings. The lowest BCUT2D eigenvalue weighted by Gasteiger charge is -1.99. The van der Waals surface area contributed by atoms with Crippen LogP contribution in [-0.2, 0) is 0 Å². The van der Waals surface area contributed by atoms with Crippen molar-refractivity contribution in [2.75, 3.05) is 5.73 Å². The van der Waals surface area contributed by atoms with Crippen LogP contribution in [0.15, 0.2) is 34.7 Å². The maximum atomic E-state index is 11.8. The Morgan fingerprint density at radius 1 is 1.42 bits per heavy atom. The van der Waals surface area contributed by atoms with Crippen LogP contribution in [0.2, 0.25) is 5.02 Å². The van der Waals surface area contributed by atoms with Crippen molar-refractivity contribution in [3.8, 4) is 0 Å². The van der Waals surface area contributed by atoms with Gasteiger partial charge < -0.3 is 5.73 Å². The maximum absolute atomic E-state index is 11.8. The Bertz CT molecular complexity index is 619. The fourth-order valence-corrected chi connectivity index (χ4v) is 2.38. The number of benzene rings is 1. The number of thiophene rings is 1. The summed E-state index contributed by atoms with van der Waals surface area (Å²) in [5.74, 6) is -0.305. The Morgan fingerprint density at radius 2 is 2.11 bits per heavy atom. The van der Waals surface area contributed by atoms with Crippen molar-refractivity contribution in [2.45, 2.75) is 6.92 Å². The molecule has 98 valence electrons. The van der Waals surface area contributed by atoms with Gasteiger partial charge in [-0.2, -0.15) is 5.10 Å². The van der Waals surface area contributed by atoms with Crippen molar-refractivity contribution in [2.24, 2.45) is 5.10 Å². The number of amides is 1. The Labute approximate surface area is 119 Å². The van der Waals surface area contributed by atoms with E-state index in [2.05, 4.69) is 10.5 Å². The van der Waals surface area contributed by atoms with Gasteiger partial charge in [0.1, 0.15) is 4.88 Å². The summed E-state index contributed by atoms with van der Waals surface area (Å²) in [6.45, 7) is 1.86. The van der Waals surface area contributed by atoms with E-state index in [1.807, 2.05) is 24.4 Å². The maximum Gasteiger partial charge on any atom is 0.283 e. The predicted molar refractivity (Wildman–Crippen MR) is 80.0 cm³/mol. The summed E-state index contributed by atoms with van der Waals surface area (Å²) in [5, 5.41) is 6.38. The fraction of sp³-hybridized carbons (Fsp3) is 0.0769. The Kier molecular flexibility index (Phi) is 4.19. The zero-order valence-corrected chi connectivity index (χ0v) is 11.8. The van der Waals surface area contributed by atoms with Gasteiger partial charge in [0.05, 0.1) is 11.9 Å². The summed E-state index contributed by atoms with van der Waals surface area (Å²) >= 11 is 7.07. The van der Waals surface area contributed by atoms with Crippen molar-refractivity contribution < 1.29 is 4.79 Å². The van der Waals surface area contributed by atoms with Gasteiger partial charge in [0, 0.05) is 5.02 Å². The van der Waals surface area contributed by atoms with Crippen molar-refractivity contribution in [1.29, 1.82) is 0 Å². The first kappa shape index (κ1) is 13.6. The number of nitrogens with zero attached hydrogens (tertiary/aromatic N) is 1. The number of rotatable bonds is 3. The second-order valence-corrected chi connectivity index (χ2v) is 5.23. The molecule has 0 radical (unpaired) electrons. The number of anilines is 1. The molecule has 0 aliphatic heterocycles. The van der Waals surface area contributed by atoms with E-state index in [1.165, 1.54) is 11.3 Å². The second-order valence-electron chi connectivity index (χ2n) is 3.91. The molecule has 19 heavy (non-hydrogen) atoms. The van der Waals surface area contributed by atoms with E-state index in [0.29, 0.717) is 15.6 Å². The molecule has 1 amide bonds. The third-order valence-electron chi connectivity index (χ3n) is 2.48. The van der Waals surface area contributed by atoms with Crippen molar-refractivity contribution >= 4 is 40.7 Å². The SMILES string of the molecule is Cc1csc(C(=O)NN=Cc2ccc(Cl)cc2)c1N. The summed E-state index contributed by atoms with van der Waals surface area (Å²) in [5.41, 5.74) is 10.5. The van der Waals surface area contributed by atoms with Crippen molar-refractivity contribution in [3.63, 3.8) is 0 Å². The molecule has 0 bridgehead atoms. The summed E-state index contributed by atoms with van der Waals surface area (Å²) < 4.78 is 0. The van der Waals surface area contributed by atoms with Gasteiger partial charge in [-0.15, -0.1) is 11.3 Å². The van der Waals surface area contributed by atoms with E-state index >= 15 is 0 Å². The number of carbonyl (C=O) groups excluding carboxylic acids is 1. The van der Waals surface area contributed by atoms with Gasteiger partial charge in [0.2, 0.25) is 0 Å². The van der Waals surface area contributed by atoms with Gasteiger partial charge in [-0.05, 0) is 35.6 Å². The number of hydrazone groups is 1. The average Bonchev–Trinajstić information content (AvgIpc) is 2.72. The monoisotopic (exact) mass is 293 g/mol. The molecule has 2 aromatic rings. The number of aryl methyl sites for hydroxylation is 1. The lowest BCUT2D eigenvalue weighted by atomic mass is 10.2. The third-order valence-corrected chi connectivity index (χ3v) is 3.84. The predicted octanol–water partition coefficient (Wildman–Crippen LogP) is 3.06. The topological polar surface area (TPSA) is 67.5 Å². The summed E-state index contributed by atoms with van der Waals surface area (Å²) in [6.07, 6.45) is 1.55. The van der Waals surface area contributed by atoms with Crippen molar-refractivity contribution in [3.05, 3.63) is 50.7 Å². The fourth-order valence-electron chi connectivity index (χ4n) is 1.39. The average molecular weight is 294 g/mol. The minimum Gasteiger partial charge on any atom is -0.397 e. The standard InChI is InChI=1S/C13H12ClN3OS/c1-8-7-19-12(11(8)15)13(18)17-16-6-9-2-4-10(14)5-3-9/h2-7H,15H2,1H3,(H,17,18). The molecule has 0 unspecified atom stereocenters. The van der Waals surface area contributed by atoms with Crippen LogP contribution in [0.4, 0.5) is 5.69 Å². The number of hydrogen-bond donors (Lipinski definition) is 2. The minimum atomic E-state index is -0.305. The molecule has 2 rings (SSSR count).